The van der Waals surface area contributed by atoms with Crippen LogP contribution in [0.5, 0.6) is 11.5 Å². The van der Waals surface area contributed by atoms with Gasteiger partial charge >= 0.3 is 0 Å². The van der Waals surface area contributed by atoms with Gasteiger partial charge in [-0.05, 0) is 55.0 Å². The Balaban J connectivity index is 1.28. The fourth-order valence-electron chi connectivity index (χ4n) is 3.09. The Morgan fingerprint density at radius 3 is 2.62 bits per heavy atom. The number of carbonyl (C=O) groups excluding carboxylic acids is 1. The van der Waals surface area contributed by atoms with Gasteiger partial charge in [0.25, 0.3) is 5.91 Å². The molecule has 1 atom stereocenters. The summed E-state index contributed by atoms with van der Waals surface area (Å²) in [4.78, 5) is 15.5. The second kappa shape index (κ2) is 10.2. The number of amides is 1. The number of nitrogens with zero attached hydrogens (tertiary/aromatic N) is 1. The molecule has 4 aromatic rings. The van der Waals surface area contributed by atoms with Gasteiger partial charge in [-0.25, -0.2) is 5.43 Å². The van der Waals surface area contributed by atoms with Gasteiger partial charge in [0, 0.05) is 27.1 Å². The molecule has 0 spiro atoms. The van der Waals surface area contributed by atoms with Crippen LogP contribution in [0.2, 0.25) is 0 Å². The van der Waals surface area contributed by atoms with E-state index in [0.717, 1.165) is 32.3 Å². The molecule has 1 aromatic heterocycles. The number of rotatable bonds is 8. The number of hydrogen-bond donors (Lipinski definition) is 2. The first-order chi connectivity index (χ1) is 15.6. The van der Waals surface area contributed by atoms with E-state index in [1.807, 2.05) is 66.9 Å². The third kappa shape index (κ3) is 5.56. The van der Waals surface area contributed by atoms with Crippen molar-refractivity contribution < 1.29 is 14.3 Å². The molecule has 6 nitrogen and oxygen atoms in total. The maximum Gasteiger partial charge on any atom is 0.280 e. The third-order valence-corrected chi connectivity index (χ3v) is 5.30. The van der Waals surface area contributed by atoms with Crippen LogP contribution in [0.15, 0.2) is 88.6 Å². The number of H-pyrrole nitrogens is 1. The van der Waals surface area contributed by atoms with Crippen molar-refractivity contribution in [2.24, 2.45) is 5.10 Å². The number of aromatic amines is 1. The number of halogens is 1. The van der Waals surface area contributed by atoms with Crippen LogP contribution in [-0.4, -0.2) is 23.2 Å². The van der Waals surface area contributed by atoms with Crippen molar-refractivity contribution in [3.8, 4) is 11.5 Å². The molecule has 0 saturated carbocycles. The van der Waals surface area contributed by atoms with Crippen LogP contribution in [-0.2, 0) is 11.4 Å². The van der Waals surface area contributed by atoms with Gasteiger partial charge in [0.2, 0.25) is 0 Å². The van der Waals surface area contributed by atoms with E-state index in [1.165, 1.54) is 0 Å². The highest BCUT2D eigenvalue weighted by Crippen LogP contribution is 2.22. The van der Waals surface area contributed by atoms with Crippen molar-refractivity contribution in [1.82, 2.24) is 10.4 Å². The minimum Gasteiger partial charge on any atom is -0.489 e. The smallest absolute Gasteiger partial charge is 0.280 e. The van der Waals surface area contributed by atoms with E-state index >= 15 is 0 Å². The monoisotopic (exact) mass is 491 g/mol. The van der Waals surface area contributed by atoms with E-state index in [9.17, 15) is 4.79 Å². The van der Waals surface area contributed by atoms with Gasteiger partial charge in [-0.3, -0.25) is 4.79 Å². The highest BCUT2D eigenvalue weighted by Gasteiger charge is 2.14. The molecule has 0 unspecified atom stereocenters. The molecule has 1 heterocycles. The molecule has 2 N–H and O–H groups in total. The van der Waals surface area contributed by atoms with Crippen LogP contribution < -0.4 is 14.9 Å². The normalized spacial score (nSPS) is 12.1. The first-order valence-electron chi connectivity index (χ1n) is 10.1. The summed E-state index contributed by atoms with van der Waals surface area (Å²) in [5, 5.41) is 5.07. The van der Waals surface area contributed by atoms with Gasteiger partial charge in [0.15, 0.2) is 6.10 Å². The van der Waals surface area contributed by atoms with Crippen LogP contribution in [0.1, 0.15) is 18.1 Å². The van der Waals surface area contributed by atoms with E-state index in [4.69, 9.17) is 9.47 Å². The number of ether oxygens (including phenoxy) is 2. The SMILES string of the molecule is C[C@@H](Oc1ccc(OCc2ccccc2)cc1)C(=O)N/N=C/c1c[nH]c2ccc(Br)cc12. The molecule has 0 aliphatic carbocycles. The number of benzene rings is 3. The van der Waals surface area contributed by atoms with Gasteiger partial charge in [0.1, 0.15) is 18.1 Å². The average Bonchev–Trinajstić information content (AvgIpc) is 3.21. The quantitative estimate of drug-likeness (QED) is 0.255. The average molecular weight is 492 g/mol. The predicted octanol–water partition coefficient (Wildman–Crippen LogP) is 5.43. The second-order valence-electron chi connectivity index (χ2n) is 7.17. The summed E-state index contributed by atoms with van der Waals surface area (Å²) in [6.45, 7) is 2.17. The number of hydrazone groups is 1. The van der Waals surface area contributed by atoms with Crippen molar-refractivity contribution in [3.05, 3.63) is 94.6 Å². The van der Waals surface area contributed by atoms with Gasteiger partial charge < -0.3 is 14.5 Å². The minimum absolute atomic E-state index is 0.341. The Morgan fingerprint density at radius 1 is 1.09 bits per heavy atom. The first-order valence-corrected chi connectivity index (χ1v) is 10.9. The Bertz CT molecular complexity index is 1220. The Kier molecular flexibility index (Phi) is 6.87. The largest absolute Gasteiger partial charge is 0.489 e. The van der Waals surface area contributed by atoms with Gasteiger partial charge in [0.05, 0.1) is 6.21 Å². The summed E-state index contributed by atoms with van der Waals surface area (Å²) in [5.41, 5.74) is 5.49. The van der Waals surface area contributed by atoms with Crippen molar-refractivity contribution in [2.75, 3.05) is 0 Å². The van der Waals surface area contributed by atoms with Crippen LogP contribution >= 0.6 is 15.9 Å². The van der Waals surface area contributed by atoms with E-state index in [0.29, 0.717) is 12.4 Å². The highest BCUT2D eigenvalue weighted by molar-refractivity contribution is 9.10. The summed E-state index contributed by atoms with van der Waals surface area (Å²) < 4.78 is 12.5. The topological polar surface area (TPSA) is 75.7 Å². The highest BCUT2D eigenvalue weighted by atomic mass is 79.9. The molecule has 0 fully saturated rings. The van der Waals surface area contributed by atoms with Crippen LogP contribution in [0.4, 0.5) is 0 Å². The lowest BCUT2D eigenvalue weighted by Gasteiger charge is -2.13. The molecular weight excluding hydrogens is 470 g/mol. The van der Waals surface area contributed by atoms with Crippen LogP contribution in [0, 0.1) is 0 Å². The van der Waals surface area contributed by atoms with E-state index in [2.05, 4.69) is 31.4 Å². The predicted molar refractivity (Wildman–Crippen MR) is 129 cm³/mol. The zero-order chi connectivity index (χ0) is 22.3. The number of hydrogen-bond acceptors (Lipinski definition) is 4. The minimum atomic E-state index is -0.708. The summed E-state index contributed by atoms with van der Waals surface area (Å²) in [5.74, 6) is 0.963. The van der Waals surface area contributed by atoms with Crippen molar-refractivity contribution >= 4 is 39.0 Å². The fourth-order valence-corrected chi connectivity index (χ4v) is 3.45. The maximum absolute atomic E-state index is 12.3. The Labute approximate surface area is 194 Å². The maximum atomic E-state index is 12.3. The molecule has 0 radical (unpaired) electrons. The number of nitrogens with one attached hydrogen (secondary N) is 2. The summed E-state index contributed by atoms with van der Waals surface area (Å²) in [7, 11) is 0. The van der Waals surface area contributed by atoms with Gasteiger partial charge in [-0.2, -0.15) is 5.10 Å². The number of fused-ring (bicyclic) bond motifs is 1. The molecule has 0 aliphatic rings. The molecule has 7 heteroatoms. The first kappa shape index (κ1) is 21.6. The van der Waals surface area contributed by atoms with Crippen molar-refractivity contribution in [1.29, 1.82) is 0 Å². The summed E-state index contributed by atoms with van der Waals surface area (Å²) >= 11 is 3.46. The molecule has 1 amide bonds. The van der Waals surface area contributed by atoms with Crippen LogP contribution in [0.3, 0.4) is 0 Å². The number of carbonyl (C=O) groups is 1. The molecular formula is C25H22BrN3O3. The van der Waals surface area contributed by atoms with E-state index in [1.54, 1.807) is 25.3 Å². The molecule has 32 heavy (non-hydrogen) atoms. The second-order valence-corrected chi connectivity index (χ2v) is 8.09. The molecule has 3 aromatic carbocycles. The summed E-state index contributed by atoms with van der Waals surface area (Å²) in [6, 6.07) is 23.1. The van der Waals surface area contributed by atoms with E-state index in [-0.39, 0.29) is 5.91 Å². The molecule has 0 aliphatic heterocycles. The lowest BCUT2D eigenvalue weighted by molar-refractivity contribution is -0.127. The van der Waals surface area contributed by atoms with Crippen LogP contribution in [0.25, 0.3) is 10.9 Å². The Hall–Kier alpha value is -3.58. The Morgan fingerprint density at radius 2 is 1.84 bits per heavy atom. The van der Waals surface area contributed by atoms with Crippen molar-refractivity contribution in [2.45, 2.75) is 19.6 Å². The fraction of sp³-hybridized carbons (Fsp3) is 0.120. The zero-order valence-electron chi connectivity index (χ0n) is 17.4. The lowest BCUT2D eigenvalue weighted by atomic mass is 10.2. The lowest BCUT2D eigenvalue weighted by Crippen LogP contribution is -2.33. The van der Waals surface area contributed by atoms with Gasteiger partial charge in [-0.1, -0.05) is 46.3 Å². The molecule has 0 bridgehead atoms. The van der Waals surface area contributed by atoms with Crippen molar-refractivity contribution in [3.63, 3.8) is 0 Å². The number of aromatic nitrogens is 1. The van der Waals surface area contributed by atoms with E-state index < -0.39 is 6.10 Å². The molecule has 0 saturated heterocycles. The van der Waals surface area contributed by atoms with Gasteiger partial charge in [-0.15, -0.1) is 0 Å². The molecule has 4 rings (SSSR count). The zero-order valence-corrected chi connectivity index (χ0v) is 19.0. The molecule has 162 valence electrons. The standard InChI is InChI=1S/C25H22BrN3O3/c1-17(25(30)29-28-15-19-14-27-24-12-7-20(26)13-23(19)24)32-22-10-8-21(9-11-22)31-16-18-5-3-2-4-6-18/h2-15,17,27H,16H2,1H3,(H,29,30)/b28-15+/t17-/m1/s1. The summed E-state index contributed by atoms with van der Waals surface area (Å²) in [6.07, 6.45) is 2.74. The third-order valence-electron chi connectivity index (χ3n) is 4.81.